The van der Waals surface area contributed by atoms with Crippen LogP contribution in [-0.4, -0.2) is 10.5 Å². The van der Waals surface area contributed by atoms with Crippen molar-refractivity contribution in [3.05, 3.63) is 22.3 Å². The monoisotopic (exact) mass is 268 g/mol. The average molecular weight is 269 g/mol. The zero-order valence-electron chi connectivity index (χ0n) is 9.31. The Balaban J connectivity index is 2.13. The minimum atomic E-state index is 0.327. The van der Waals surface area contributed by atoms with Crippen molar-refractivity contribution in [2.45, 2.75) is 45.1 Å². The quantitative estimate of drug-likeness (QED) is 0.900. The van der Waals surface area contributed by atoms with E-state index in [1.807, 2.05) is 13.0 Å². The molecule has 0 saturated heterocycles. The standard InChI is InChI=1S/C12H17BrN2/c1-3-12(7-4-8-12)15-11-6-5-10(13)9(2)14-11/h5-6H,3-4,7-8H2,1-2H3,(H,14,15). The van der Waals surface area contributed by atoms with Crippen molar-refractivity contribution >= 4 is 21.7 Å². The largest absolute Gasteiger partial charge is 0.365 e. The van der Waals surface area contributed by atoms with Gasteiger partial charge in [0.25, 0.3) is 0 Å². The predicted molar refractivity (Wildman–Crippen MR) is 67.2 cm³/mol. The first-order chi connectivity index (χ1) is 7.15. The van der Waals surface area contributed by atoms with Crippen molar-refractivity contribution in [3.63, 3.8) is 0 Å². The molecule has 2 nitrogen and oxygen atoms in total. The zero-order chi connectivity index (χ0) is 10.9. The lowest BCUT2D eigenvalue weighted by Gasteiger charge is -2.42. The van der Waals surface area contributed by atoms with Crippen molar-refractivity contribution in [2.75, 3.05) is 5.32 Å². The topological polar surface area (TPSA) is 24.9 Å². The number of pyridine rings is 1. The van der Waals surface area contributed by atoms with Gasteiger partial charge in [-0.1, -0.05) is 6.92 Å². The summed E-state index contributed by atoms with van der Waals surface area (Å²) >= 11 is 3.47. The van der Waals surface area contributed by atoms with Crippen LogP contribution in [0.25, 0.3) is 0 Å². The van der Waals surface area contributed by atoms with Crippen LogP contribution >= 0.6 is 15.9 Å². The van der Waals surface area contributed by atoms with E-state index in [9.17, 15) is 0 Å². The molecule has 1 heterocycles. The number of hydrogen-bond acceptors (Lipinski definition) is 2. The van der Waals surface area contributed by atoms with E-state index < -0.39 is 0 Å². The van der Waals surface area contributed by atoms with Crippen LogP contribution in [0, 0.1) is 6.92 Å². The molecule has 15 heavy (non-hydrogen) atoms. The molecule has 1 aliphatic rings. The van der Waals surface area contributed by atoms with Crippen LogP contribution in [0.4, 0.5) is 5.82 Å². The fraction of sp³-hybridized carbons (Fsp3) is 0.583. The smallest absolute Gasteiger partial charge is 0.126 e. The van der Waals surface area contributed by atoms with Crippen molar-refractivity contribution < 1.29 is 0 Å². The Morgan fingerprint density at radius 1 is 1.47 bits per heavy atom. The maximum absolute atomic E-state index is 4.53. The minimum Gasteiger partial charge on any atom is -0.365 e. The summed E-state index contributed by atoms with van der Waals surface area (Å²) in [6, 6.07) is 4.11. The van der Waals surface area contributed by atoms with E-state index in [4.69, 9.17) is 0 Å². The number of halogens is 1. The van der Waals surface area contributed by atoms with Gasteiger partial charge in [0.2, 0.25) is 0 Å². The molecule has 1 aromatic heterocycles. The molecule has 1 fully saturated rings. The number of anilines is 1. The molecule has 82 valence electrons. The molecular formula is C12H17BrN2. The molecule has 1 saturated carbocycles. The lowest BCUT2D eigenvalue weighted by molar-refractivity contribution is 0.269. The summed E-state index contributed by atoms with van der Waals surface area (Å²) in [5.74, 6) is 1.01. The predicted octanol–water partition coefficient (Wildman–Crippen LogP) is 3.90. The number of aryl methyl sites for hydroxylation is 1. The van der Waals surface area contributed by atoms with Crippen LogP contribution in [0.2, 0.25) is 0 Å². The van der Waals surface area contributed by atoms with Crippen molar-refractivity contribution in [3.8, 4) is 0 Å². The highest BCUT2D eigenvalue weighted by atomic mass is 79.9. The molecular weight excluding hydrogens is 252 g/mol. The van der Waals surface area contributed by atoms with E-state index in [2.05, 4.69) is 39.2 Å². The molecule has 0 spiro atoms. The first-order valence-corrected chi connectivity index (χ1v) is 6.36. The normalized spacial score (nSPS) is 18.3. The Morgan fingerprint density at radius 3 is 2.67 bits per heavy atom. The summed E-state index contributed by atoms with van der Waals surface area (Å²) in [5, 5.41) is 3.58. The zero-order valence-corrected chi connectivity index (χ0v) is 10.9. The highest BCUT2D eigenvalue weighted by Crippen LogP contribution is 2.37. The number of nitrogens with zero attached hydrogens (tertiary/aromatic N) is 1. The number of rotatable bonds is 3. The molecule has 0 unspecified atom stereocenters. The van der Waals surface area contributed by atoms with Crippen LogP contribution in [0.15, 0.2) is 16.6 Å². The summed E-state index contributed by atoms with van der Waals surface area (Å²) < 4.78 is 1.08. The molecule has 0 radical (unpaired) electrons. The third kappa shape index (κ3) is 2.17. The van der Waals surface area contributed by atoms with Gasteiger partial charge >= 0.3 is 0 Å². The van der Waals surface area contributed by atoms with Crippen LogP contribution < -0.4 is 5.32 Å². The molecule has 1 aliphatic carbocycles. The van der Waals surface area contributed by atoms with Gasteiger partial charge in [-0.2, -0.15) is 0 Å². The fourth-order valence-electron chi connectivity index (χ4n) is 2.06. The summed E-state index contributed by atoms with van der Waals surface area (Å²) in [6.45, 7) is 4.27. The number of hydrogen-bond donors (Lipinski definition) is 1. The molecule has 1 aromatic rings. The summed E-state index contributed by atoms with van der Waals surface area (Å²) in [5.41, 5.74) is 1.37. The van der Waals surface area contributed by atoms with Crippen LogP contribution in [0.5, 0.6) is 0 Å². The molecule has 0 amide bonds. The van der Waals surface area contributed by atoms with Crippen molar-refractivity contribution in [1.29, 1.82) is 0 Å². The first kappa shape index (κ1) is 10.9. The van der Waals surface area contributed by atoms with E-state index >= 15 is 0 Å². The molecule has 0 aliphatic heterocycles. The number of nitrogens with one attached hydrogen (secondary N) is 1. The molecule has 0 bridgehead atoms. The van der Waals surface area contributed by atoms with Gasteiger partial charge < -0.3 is 5.32 Å². The average Bonchev–Trinajstić information content (AvgIpc) is 2.17. The van der Waals surface area contributed by atoms with Crippen molar-refractivity contribution in [2.24, 2.45) is 0 Å². The fourth-order valence-corrected chi connectivity index (χ4v) is 2.28. The highest BCUT2D eigenvalue weighted by molar-refractivity contribution is 9.10. The molecule has 0 atom stereocenters. The van der Waals surface area contributed by atoms with E-state index in [0.29, 0.717) is 5.54 Å². The third-order valence-corrected chi connectivity index (χ3v) is 4.24. The summed E-state index contributed by atoms with van der Waals surface area (Å²) in [4.78, 5) is 4.53. The van der Waals surface area contributed by atoms with Gasteiger partial charge in [-0.15, -0.1) is 0 Å². The van der Waals surface area contributed by atoms with Gasteiger partial charge in [-0.25, -0.2) is 4.98 Å². The lowest BCUT2D eigenvalue weighted by atomic mass is 9.75. The van der Waals surface area contributed by atoms with E-state index in [0.717, 1.165) is 16.0 Å². The van der Waals surface area contributed by atoms with Crippen LogP contribution in [-0.2, 0) is 0 Å². The Kier molecular flexibility index (Phi) is 3.01. The van der Waals surface area contributed by atoms with Gasteiger partial charge in [-0.05, 0) is 60.7 Å². The Labute approximate surface area is 99.6 Å². The van der Waals surface area contributed by atoms with Crippen molar-refractivity contribution in [1.82, 2.24) is 4.98 Å². The summed E-state index contributed by atoms with van der Waals surface area (Å²) in [7, 11) is 0. The SMILES string of the molecule is CCC1(Nc2ccc(Br)c(C)n2)CCC1. The Morgan fingerprint density at radius 2 is 2.20 bits per heavy atom. The lowest BCUT2D eigenvalue weighted by Crippen LogP contribution is -2.44. The van der Waals surface area contributed by atoms with E-state index in [1.165, 1.54) is 25.7 Å². The maximum Gasteiger partial charge on any atom is 0.126 e. The second-order valence-electron chi connectivity index (χ2n) is 4.38. The maximum atomic E-state index is 4.53. The van der Waals surface area contributed by atoms with Gasteiger partial charge in [0.15, 0.2) is 0 Å². The van der Waals surface area contributed by atoms with Gasteiger partial charge in [0, 0.05) is 10.0 Å². The van der Waals surface area contributed by atoms with Gasteiger partial charge in [-0.3, -0.25) is 0 Å². The first-order valence-electron chi connectivity index (χ1n) is 5.56. The van der Waals surface area contributed by atoms with E-state index in [1.54, 1.807) is 0 Å². The second kappa shape index (κ2) is 4.12. The molecule has 3 heteroatoms. The third-order valence-electron chi connectivity index (χ3n) is 3.40. The summed E-state index contributed by atoms with van der Waals surface area (Å²) in [6.07, 6.45) is 5.08. The molecule has 1 N–H and O–H groups in total. The number of aromatic nitrogens is 1. The van der Waals surface area contributed by atoms with Crippen LogP contribution in [0.3, 0.4) is 0 Å². The Hall–Kier alpha value is -0.570. The molecule has 2 rings (SSSR count). The van der Waals surface area contributed by atoms with E-state index in [-0.39, 0.29) is 0 Å². The molecule has 0 aromatic carbocycles. The van der Waals surface area contributed by atoms with Crippen LogP contribution in [0.1, 0.15) is 38.3 Å². The Bertz CT molecular complexity index is 353. The van der Waals surface area contributed by atoms with Gasteiger partial charge in [0.1, 0.15) is 5.82 Å². The minimum absolute atomic E-state index is 0.327. The highest BCUT2D eigenvalue weighted by Gasteiger charge is 2.35. The second-order valence-corrected chi connectivity index (χ2v) is 5.23. The van der Waals surface area contributed by atoms with Gasteiger partial charge in [0.05, 0.1) is 5.69 Å².